The monoisotopic (exact) mass is 276 g/mol. The maximum absolute atomic E-state index is 4.33. The fourth-order valence-corrected chi connectivity index (χ4v) is 2.50. The van der Waals surface area contributed by atoms with Crippen LogP contribution in [0, 0.1) is 0 Å². The van der Waals surface area contributed by atoms with Crippen LogP contribution in [0.1, 0.15) is 24.6 Å². The van der Waals surface area contributed by atoms with Gasteiger partial charge in [-0.25, -0.2) is 4.98 Å². The maximum Gasteiger partial charge on any atom is 0.0795 e. The first-order valence-electron chi connectivity index (χ1n) is 6.53. The van der Waals surface area contributed by atoms with E-state index in [1.807, 2.05) is 17.9 Å². The van der Waals surface area contributed by atoms with Gasteiger partial charge in [0.25, 0.3) is 0 Å². The molecule has 4 nitrogen and oxygen atoms in total. The summed E-state index contributed by atoms with van der Waals surface area (Å²) in [4.78, 5) is 10.8. The van der Waals surface area contributed by atoms with Crippen LogP contribution in [0.15, 0.2) is 29.4 Å². The maximum atomic E-state index is 4.33. The van der Waals surface area contributed by atoms with Crippen LogP contribution in [0.25, 0.3) is 0 Å². The van der Waals surface area contributed by atoms with Crippen molar-refractivity contribution in [1.29, 1.82) is 0 Å². The Bertz CT molecular complexity index is 484. The molecule has 2 rings (SSSR count). The van der Waals surface area contributed by atoms with E-state index in [1.165, 1.54) is 11.3 Å². The molecule has 0 atom stereocenters. The molecule has 0 aliphatic carbocycles. The van der Waals surface area contributed by atoms with E-state index >= 15 is 0 Å². The number of nitrogens with one attached hydrogen (secondary N) is 1. The molecule has 0 amide bonds. The van der Waals surface area contributed by atoms with Gasteiger partial charge in [-0.1, -0.05) is 6.92 Å². The van der Waals surface area contributed by atoms with Crippen LogP contribution in [0.4, 0.5) is 5.69 Å². The average molecular weight is 276 g/mol. The molecule has 5 heteroatoms. The van der Waals surface area contributed by atoms with Crippen molar-refractivity contribution in [2.24, 2.45) is 0 Å². The molecule has 0 aliphatic heterocycles. The molecule has 0 aromatic carbocycles. The van der Waals surface area contributed by atoms with Gasteiger partial charge >= 0.3 is 0 Å². The minimum Gasteiger partial charge on any atom is -0.367 e. The van der Waals surface area contributed by atoms with Gasteiger partial charge in [-0.2, -0.15) is 0 Å². The second-order valence-electron chi connectivity index (χ2n) is 4.52. The van der Waals surface area contributed by atoms with Gasteiger partial charge in [-0.3, -0.25) is 4.98 Å². The Balaban J connectivity index is 2.05. The topological polar surface area (TPSA) is 41.1 Å². The zero-order chi connectivity index (χ0) is 13.5. The number of pyridine rings is 1. The molecule has 0 saturated carbocycles. The summed E-state index contributed by atoms with van der Waals surface area (Å²) in [5, 5.41) is 5.52. The Morgan fingerprint density at radius 1 is 1.42 bits per heavy atom. The molecule has 0 saturated heterocycles. The van der Waals surface area contributed by atoms with Crippen molar-refractivity contribution < 1.29 is 0 Å². The van der Waals surface area contributed by atoms with E-state index in [-0.39, 0.29) is 0 Å². The molecular weight excluding hydrogens is 256 g/mol. The molecule has 2 aromatic heterocycles. The van der Waals surface area contributed by atoms with Gasteiger partial charge in [0, 0.05) is 25.2 Å². The second-order valence-corrected chi connectivity index (χ2v) is 5.24. The normalized spacial score (nSPS) is 10.6. The van der Waals surface area contributed by atoms with Crippen molar-refractivity contribution in [2.75, 3.05) is 18.5 Å². The van der Waals surface area contributed by atoms with Gasteiger partial charge in [-0.05, 0) is 24.6 Å². The summed E-state index contributed by atoms with van der Waals surface area (Å²) >= 11 is 1.63. The average Bonchev–Trinajstić information content (AvgIpc) is 2.92. The third kappa shape index (κ3) is 4.01. The molecule has 0 bridgehead atoms. The summed E-state index contributed by atoms with van der Waals surface area (Å²) in [5.41, 5.74) is 5.42. The lowest BCUT2D eigenvalue weighted by Crippen LogP contribution is -2.21. The molecule has 0 unspecified atom stereocenters. The van der Waals surface area contributed by atoms with Gasteiger partial charge in [-0.15, -0.1) is 11.3 Å². The molecule has 2 heterocycles. The van der Waals surface area contributed by atoms with Gasteiger partial charge in [0.1, 0.15) is 0 Å². The van der Waals surface area contributed by atoms with Crippen LogP contribution in [0.2, 0.25) is 0 Å². The van der Waals surface area contributed by atoms with E-state index in [1.54, 1.807) is 11.3 Å². The first kappa shape index (κ1) is 14.0. The summed E-state index contributed by atoms with van der Waals surface area (Å²) in [6.45, 7) is 4.91. The highest BCUT2D eigenvalue weighted by atomic mass is 32.1. The highest BCUT2D eigenvalue weighted by Gasteiger charge is 2.08. The van der Waals surface area contributed by atoms with Gasteiger partial charge in [0.2, 0.25) is 0 Å². The first-order chi connectivity index (χ1) is 9.31. The predicted octanol–water partition coefficient (Wildman–Crippen LogP) is 2.67. The largest absolute Gasteiger partial charge is 0.367 e. The molecule has 102 valence electrons. The standard InChI is InChI=1S/C14H20N4S/c1-3-5-15-7-12-4-6-16-8-14(12)18(2)9-13-10-19-11-17-13/h4,6,8,10-11,15H,3,5,7,9H2,1-2H3. The number of aromatic nitrogens is 2. The number of rotatable bonds is 7. The molecule has 19 heavy (non-hydrogen) atoms. The fourth-order valence-electron chi connectivity index (χ4n) is 1.95. The highest BCUT2D eigenvalue weighted by molar-refractivity contribution is 7.07. The summed E-state index contributed by atoms with van der Waals surface area (Å²) in [7, 11) is 2.08. The lowest BCUT2D eigenvalue weighted by Gasteiger charge is -2.21. The van der Waals surface area contributed by atoms with E-state index < -0.39 is 0 Å². The molecule has 0 spiro atoms. The Hall–Kier alpha value is -1.46. The number of nitrogens with zero attached hydrogens (tertiary/aromatic N) is 3. The number of thiazole rings is 1. The molecule has 0 aliphatic rings. The number of hydrogen-bond donors (Lipinski definition) is 1. The Morgan fingerprint density at radius 3 is 3.05 bits per heavy atom. The Kier molecular flexibility index (Phi) is 5.30. The summed E-state index contributed by atoms with van der Waals surface area (Å²) in [6, 6.07) is 2.08. The van der Waals surface area contributed by atoms with Crippen molar-refractivity contribution in [3.8, 4) is 0 Å². The van der Waals surface area contributed by atoms with Crippen molar-refractivity contribution in [3.05, 3.63) is 40.6 Å². The van der Waals surface area contributed by atoms with Crippen LogP contribution in [0.3, 0.4) is 0 Å². The van der Waals surface area contributed by atoms with Crippen molar-refractivity contribution in [2.45, 2.75) is 26.4 Å². The van der Waals surface area contributed by atoms with E-state index in [2.05, 4.69) is 45.6 Å². The highest BCUT2D eigenvalue weighted by Crippen LogP contribution is 2.19. The SMILES string of the molecule is CCCNCc1ccncc1N(C)Cc1cscn1. The van der Waals surface area contributed by atoms with E-state index in [0.717, 1.165) is 31.7 Å². The number of hydrogen-bond acceptors (Lipinski definition) is 5. The quantitative estimate of drug-likeness (QED) is 0.789. The van der Waals surface area contributed by atoms with Crippen LogP contribution in [-0.2, 0) is 13.1 Å². The lowest BCUT2D eigenvalue weighted by molar-refractivity contribution is 0.673. The number of anilines is 1. The van der Waals surface area contributed by atoms with Crippen molar-refractivity contribution >= 4 is 17.0 Å². The summed E-state index contributed by atoms with van der Waals surface area (Å²) in [6.07, 6.45) is 4.92. The minimum absolute atomic E-state index is 0.815. The van der Waals surface area contributed by atoms with Gasteiger partial charge in [0.15, 0.2) is 0 Å². The second kappa shape index (κ2) is 7.21. The predicted molar refractivity (Wildman–Crippen MR) is 80.5 cm³/mol. The molecular formula is C14H20N4S. The van der Waals surface area contributed by atoms with Crippen LogP contribution in [-0.4, -0.2) is 23.6 Å². The fraction of sp³-hybridized carbons (Fsp3) is 0.429. The zero-order valence-electron chi connectivity index (χ0n) is 11.5. The van der Waals surface area contributed by atoms with E-state index in [4.69, 9.17) is 0 Å². The van der Waals surface area contributed by atoms with E-state index in [0.29, 0.717) is 0 Å². The van der Waals surface area contributed by atoms with Gasteiger partial charge < -0.3 is 10.2 Å². The lowest BCUT2D eigenvalue weighted by atomic mass is 10.2. The summed E-state index contributed by atoms with van der Waals surface area (Å²) in [5.74, 6) is 0. The molecule has 1 N–H and O–H groups in total. The molecule has 2 aromatic rings. The van der Waals surface area contributed by atoms with Gasteiger partial charge in [0.05, 0.1) is 29.6 Å². The zero-order valence-corrected chi connectivity index (χ0v) is 12.3. The first-order valence-corrected chi connectivity index (χ1v) is 7.47. The minimum atomic E-state index is 0.815. The molecule has 0 fully saturated rings. The van der Waals surface area contributed by atoms with Crippen LogP contribution in [0.5, 0.6) is 0 Å². The Morgan fingerprint density at radius 2 is 2.32 bits per heavy atom. The summed E-state index contributed by atoms with van der Waals surface area (Å²) < 4.78 is 0. The van der Waals surface area contributed by atoms with Crippen LogP contribution < -0.4 is 10.2 Å². The third-order valence-electron chi connectivity index (χ3n) is 2.92. The van der Waals surface area contributed by atoms with E-state index in [9.17, 15) is 0 Å². The molecule has 0 radical (unpaired) electrons. The smallest absolute Gasteiger partial charge is 0.0795 e. The van der Waals surface area contributed by atoms with Crippen molar-refractivity contribution in [3.63, 3.8) is 0 Å². The van der Waals surface area contributed by atoms with Crippen LogP contribution >= 0.6 is 11.3 Å². The Labute approximate surface area is 118 Å². The van der Waals surface area contributed by atoms with Crippen molar-refractivity contribution in [1.82, 2.24) is 15.3 Å². The third-order valence-corrected chi connectivity index (χ3v) is 3.56.